The van der Waals surface area contributed by atoms with Gasteiger partial charge in [-0.3, -0.25) is 4.79 Å². The Morgan fingerprint density at radius 3 is 2.04 bits per heavy atom. The van der Waals surface area contributed by atoms with Crippen LogP contribution in [0.25, 0.3) is 0 Å². The molecule has 0 saturated carbocycles. The van der Waals surface area contributed by atoms with Gasteiger partial charge in [0.1, 0.15) is 0 Å². The van der Waals surface area contributed by atoms with Crippen LogP contribution >= 0.6 is 0 Å². The van der Waals surface area contributed by atoms with Crippen molar-refractivity contribution in [2.45, 2.75) is 31.1 Å². The van der Waals surface area contributed by atoms with E-state index in [1.807, 2.05) is 24.3 Å². The molecule has 0 aliphatic heterocycles. The van der Waals surface area contributed by atoms with Gasteiger partial charge in [-0.2, -0.15) is 0 Å². The van der Waals surface area contributed by atoms with Crippen LogP contribution < -0.4 is 10.5 Å². The number of rotatable bonds is 7. The molecular weight excluding hydrogens is 324 g/mol. The highest BCUT2D eigenvalue weighted by molar-refractivity contribution is 7.89. The van der Waals surface area contributed by atoms with Crippen LogP contribution in [-0.4, -0.2) is 20.9 Å². The van der Waals surface area contributed by atoms with E-state index in [0.717, 1.165) is 18.4 Å². The molecule has 0 aromatic heterocycles. The zero-order chi connectivity index (χ0) is 17.6. The van der Waals surface area contributed by atoms with E-state index in [2.05, 4.69) is 12.2 Å². The molecule has 0 atom stereocenters. The molecule has 1 amide bonds. The molecule has 2 aromatic rings. The fourth-order valence-corrected chi connectivity index (χ4v) is 2.90. The summed E-state index contributed by atoms with van der Waals surface area (Å²) in [4.78, 5) is 12.2. The Kier molecular flexibility index (Phi) is 6.11. The van der Waals surface area contributed by atoms with E-state index < -0.39 is 10.0 Å². The van der Waals surface area contributed by atoms with Gasteiger partial charge < -0.3 is 5.32 Å². The average Bonchev–Trinajstić information content (AvgIpc) is 2.55. The number of nitrogens with one attached hydrogen (secondary N) is 1. The minimum atomic E-state index is -3.67. The van der Waals surface area contributed by atoms with Gasteiger partial charge in [0.05, 0.1) is 4.90 Å². The second-order valence-corrected chi connectivity index (χ2v) is 7.20. The van der Waals surface area contributed by atoms with Crippen molar-refractivity contribution in [3.05, 3.63) is 65.2 Å². The summed E-state index contributed by atoms with van der Waals surface area (Å²) in [6.07, 6.45) is 2.71. The van der Waals surface area contributed by atoms with Crippen LogP contribution in [0.4, 0.5) is 0 Å². The Bertz CT molecular complexity index is 782. The number of carbonyl (C=O) groups is 1. The number of nitrogens with two attached hydrogens (primary N) is 1. The van der Waals surface area contributed by atoms with Gasteiger partial charge in [-0.1, -0.05) is 37.6 Å². The highest BCUT2D eigenvalue weighted by Crippen LogP contribution is 2.09. The predicted molar refractivity (Wildman–Crippen MR) is 94.3 cm³/mol. The third kappa shape index (κ3) is 5.18. The van der Waals surface area contributed by atoms with E-state index in [-0.39, 0.29) is 10.8 Å². The molecule has 3 N–H and O–H groups in total. The quantitative estimate of drug-likeness (QED) is 0.806. The van der Waals surface area contributed by atoms with Crippen molar-refractivity contribution in [2.75, 3.05) is 6.54 Å². The Morgan fingerprint density at radius 2 is 1.50 bits per heavy atom. The SMILES string of the molecule is CCCc1ccc(C(=O)NCCc2ccc(S(N)(=O)=O)cc2)cc1. The van der Waals surface area contributed by atoms with Crippen molar-refractivity contribution < 1.29 is 13.2 Å². The van der Waals surface area contributed by atoms with Gasteiger partial charge in [-0.05, 0) is 48.2 Å². The number of amides is 1. The molecule has 0 spiro atoms. The summed E-state index contributed by atoms with van der Waals surface area (Å²) in [7, 11) is -3.67. The molecule has 0 fully saturated rings. The lowest BCUT2D eigenvalue weighted by atomic mass is 10.1. The van der Waals surface area contributed by atoms with Gasteiger partial charge in [0, 0.05) is 12.1 Å². The van der Waals surface area contributed by atoms with Gasteiger partial charge >= 0.3 is 0 Å². The van der Waals surface area contributed by atoms with Gasteiger partial charge in [0.25, 0.3) is 5.91 Å². The number of benzene rings is 2. The third-order valence-corrected chi connectivity index (χ3v) is 4.64. The van der Waals surface area contributed by atoms with Crippen LogP contribution in [-0.2, 0) is 22.9 Å². The van der Waals surface area contributed by atoms with Crippen LogP contribution in [0.1, 0.15) is 34.8 Å². The summed E-state index contributed by atoms with van der Waals surface area (Å²) in [5, 5.41) is 7.92. The zero-order valence-electron chi connectivity index (χ0n) is 13.7. The Hall–Kier alpha value is -2.18. The van der Waals surface area contributed by atoms with Gasteiger partial charge in [0.2, 0.25) is 10.0 Å². The molecule has 0 saturated heterocycles. The first kappa shape index (κ1) is 18.2. The first-order valence-corrected chi connectivity index (χ1v) is 9.43. The highest BCUT2D eigenvalue weighted by atomic mass is 32.2. The molecule has 0 aliphatic carbocycles. The van der Waals surface area contributed by atoms with Crippen molar-refractivity contribution in [2.24, 2.45) is 5.14 Å². The maximum atomic E-state index is 12.1. The number of hydrogen-bond donors (Lipinski definition) is 2. The largest absolute Gasteiger partial charge is 0.352 e. The molecule has 128 valence electrons. The van der Waals surface area contributed by atoms with Crippen LogP contribution in [0.5, 0.6) is 0 Å². The Morgan fingerprint density at radius 1 is 0.958 bits per heavy atom. The molecule has 6 heteroatoms. The van der Waals surface area contributed by atoms with E-state index in [9.17, 15) is 13.2 Å². The maximum Gasteiger partial charge on any atom is 0.251 e. The van der Waals surface area contributed by atoms with E-state index in [1.165, 1.54) is 17.7 Å². The van der Waals surface area contributed by atoms with E-state index >= 15 is 0 Å². The van der Waals surface area contributed by atoms with Gasteiger partial charge in [0.15, 0.2) is 0 Å². The molecule has 2 aromatic carbocycles. The average molecular weight is 346 g/mol. The highest BCUT2D eigenvalue weighted by Gasteiger charge is 2.07. The van der Waals surface area contributed by atoms with Crippen molar-refractivity contribution in [1.29, 1.82) is 0 Å². The molecule has 0 unspecified atom stereocenters. The van der Waals surface area contributed by atoms with E-state index in [1.54, 1.807) is 12.1 Å². The summed E-state index contributed by atoms with van der Waals surface area (Å²) in [5.74, 6) is -0.112. The molecule has 0 aliphatic rings. The maximum absolute atomic E-state index is 12.1. The molecule has 24 heavy (non-hydrogen) atoms. The topological polar surface area (TPSA) is 89.3 Å². The van der Waals surface area contributed by atoms with Gasteiger partial charge in [-0.15, -0.1) is 0 Å². The second kappa shape index (κ2) is 8.08. The summed E-state index contributed by atoms with van der Waals surface area (Å²) < 4.78 is 22.4. The summed E-state index contributed by atoms with van der Waals surface area (Å²) >= 11 is 0. The monoisotopic (exact) mass is 346 g/mol. The van der Waals surface area contributed by atoms with E-state index in [0.29, 0.717) is 18.5 Å². The zero-order valence-corrected chi connectivity index (χ0v) is 14.5. The lowest BCUT2D eigenvalue weighted by molar-refractivity contribution is 0.0954. The second-order valence-electron chi connectivity index (χ2n) is 5.64. The first-order chi connectivity index (χ1) is 11.4. The van der Waals surface area contributed by atoms with Crippen LogP contribution in [0.15, 0.2) is 53.4 Å². The van der Waals surface area contributed by atoms with Crippen LogP contribution in [0.3, 0.4) is 0 Å². The molecule has 5 nitrogen and oxygen atoms in total. The smallest absolute Gasteiger partial charge is 0.251 e. The van der Waals surface area contributed by atoms with Gasteiger partial charge in [-0.25, -0.2) is 13.6 Å². The van der Waals surface area contributed by atoms with E-state index in [4.69, 9.17) is 5.14 Å². The molecule has 0 heterocycles. The van der Waals surface area contributed by atoms with Crippen molar-refractivity contribution in [3.8, 4) is 0 Å². The van der Waals surface area contributed by atoms with Crippen molar-refractivity contribution in [1.82, 2.24) is 5.32 Å². The summed E-state index contributed by atoms with van der Waals surface area (Å²) in [6, 6.07) is 14.0. The molecule has 0 radical (unpaired) electrons. The summed E-state index contributed by atoms with van der Waals surface area (Å²) in [5.41, 5.74) is 2.80. The molecular formula is C18H22N2O3S. The number of carbonyl (C=O) groups excluding carboxylic acids is 1. The number of primary sulfonamides is 1. The minimum absolute atomic E-state index is 0.0856. The van der Waals surface area contributed by atoms with Crippen LogP contribution in [0, 0.1) is 0 Å². The molecule has 0 bridgehead atoms. The Balaban J connectivity index is 1.86. The standard InChI is InChI=1S/C18H22N2O3S/c1-2-3-14-4-8-16(9-5-14)18(21)20-13-12-15-6-10-17(11-7-15)24(19,22)23/h4-11H,2-3,12-13H2,1H3,(H,20,21)(H2,19,22,23). The van der Waals surface area contributed by atoms with Crippen LogP contribution in [0.2, 0.25) is 0 Å². The Labute approximate surface area is 142 Å². The third-order valence-electron chi connectivity index (χ3n) is 3.71. The molecule has 2 rings (SSSR count). The fraction of sp³-hybridized carbons (Fsp3) is 0.278. The predicted octanol–water partition coefficient (Wildman–Crippen LogP) is 2.26. The van der Waals surface area contributed by atoms with Crippen molar-refractivity contribution >= 4 is 15.9 Å². The number of hydrogen-bond acceptors (Lipinski definition) is 3. The lowest BCUT2D eigenvalue weighted by Gasteiger charge is -2.07. The summed E-state index contributed by atoms with van der Waals surface area (Å²) in [6.45, 7) is 2.60. The minimum Gasteiger partial charge on any atom is -0.352 e. The normalized spacial score (nSPS) is 11.2. The number of aryl methyl sites for hydroxylation is 1. The lowest BCUT2D eigenvalue weighted by Crippen LogP contribution is -2.25. The first-order valence-electron chi connectivity index (χ1n) is 7.89. The number of sulfonamides is 1. The van der Waals surface area contributed by atoms with Crippen molar-refractivity contribution in [3.63, 3.8) is 0 Å². The fourth-order valence-electron chi connectivity index (χ4n) is 2.38.